The highest BCUT2D eigenvalue weighted by Crippen LogP contribution is 2.57. The van der Waals surface area contributed by atoms with Gasteiger partial charge in [0.1, 0.15) is 26.4 Å². The number of rotatable bonds is 27. The molecule has 54 heavy (non-hydrogen) atoms. The van der Waals surface area contributed by atoms with Crippen LogP contribution in [-0.2, 0) is 28.4 Å². The van der Waals surface area contributed by atoms with Crippen LogP contribution < -0.4 is 18.9 Å². The third-order valence-corrected chi connectivity index (χ3v) is 12.9. The predicted octanol–water partition coefficient (Wildman–Crippen LogP) is 9.40. The summed E-state index contributed by atoms with van der Waals surface area (Å²) in [7, 11) is 3.34. The molecular formula is C42H70O10S2. The Bertz CT molecular complexity index is 1310. The molecule has 10 nitrogen and oxygen atoms in total. The molecule has 0 fully saturated rings. The van der Waals surface area contributed by atoms with E-state index in [9.17, 15) is 0 Å². The van der Waals surface area contributed by atoms with Gasteiger partial charge in [-0.2, -0.15) is 0 Å². The van der Waals surface area contributed by atoms with Gasteiger partial charge >= 0.3 is 0 Å². The Hall–Kier alpha value is -1.64. The predicted molar refractivity (Wildman–Crippen MR) is 218 cm³/mol. The number of methoxy groups -OCH3 is 2. The maximum Gasteiger partial charge on any atom is 0.181 e. The minimum absolute atomic E-state index is 0.374. The molecule has 4 heterocycles. The van der Waals surface area contributed by atoms with Crippen molar-refractivity contribution in [2.45, 2.75) is 92.9 Å². The van der Waals surface area contributed by atoms with Crippen LogP contribution in [-0.4, -0.2) is 107 Å². The SMILES string of the molecule is CCCCC(CC)COCC1(COCC(CC)CCCC)COc2c(C)sc(-c3sc(C)c4c3OCC(COCCOC)(COCCOC)CO4)c2OC1. The lowest BCUT2D eigenvalue weighted by Gasteiger charge is -2.32. The summed E-state index contributed by atoms with van der Waals surface area (Å²) < 4.78 is 62.5. The summed E-state index contributed by atoms with van der Waals surface area (Å²) in [6, 6.07) is 0. The van der Waals surface area contributed by atoms with Gasteiger partial charge in [0, 0.05) is 37.2 Å². The Morgan fingerprint density at radius 1 is 0.537 bits per heavy atom. The van der Waals surface area contributed by atoms with E-state index in [0.29, 0.717) is 91.1 Å². The van der Waals surface area contributed by atoms with Gasteiger partial charge in [-0.25, -0.2) is 0 Å². The molecule has 2 aromatic heterocycles. The van der Waals surface area contributed by atoms with Crippen LogP contribution in [0.5, 0.6) is 23.0 Å². The second-order valence-electron chi connectivity index (χ2n) is 15.4. The zero-order valence-corrected chi connectivity index (χ0v) is 36.2. The van der Waals surface area contributed by atoms with Crippen LogP contribution in [0.3, 0.4) is 0 Å². The molecule has 310 valence electrons. The highest BCUT2D eigenvalue weighted by molar-refractivity contribution is 7.23. The molecule has 0 N–H and O–H groups in total. The van der Waals surface area contributed by atoms with Gasteiger partial charge in [0.25, 0.3) is 0 Å². The Kier molecular flexibility index (Phi) is 19.7. The van der Waals surface area contributed by atoms with Crippen LogP contribution in [0.4, 0.5) is 0 Å². The zero-order chi connectivity index (χ0) is 38.8. The molecule has 12 heteroatoms. The highest BCUT2D eigenvalue weighted by Gasteiger charge is 2.42. The normalized spacial score (nSPS) is 19.0. The molecule has 0 bridgehead atoms. The highest BCUT2D eigenvalue weighted by atomic mass is 32.1. The van der Waals surface area contributed by atoms with E-state index in [1.807, 2.05) is 0 Å². The van der Waals surface area contributed by atoms with Gasteiger partial charge in [-0.1, -0.05) is 66.2 Å². The standard InChI is InChI=1S/C42H70O10S2/c1-9-13-15-33(11-3)21-47-25-42(26-48-22-34(12-4)16-14-10-2)28-50-36-32(6)54-40(38(36)52-30-42)39-37-35(31(5)53-39)49-27-41(29-51-37,23-45-19-17-43-7)24-46-20-18-44-8/h33-34H,9-30H2,1-8H3. The number of ether oxygens (including phenoxy) is 10. The first-order valence-corrected chi connectivity index (χ1v) is 22.0. The van der Waals surface area contributed by atoms with E-state index in [-0.39, 0.29) is 0 Å². The largest absolute Gasteiger partial charge is 0.488 e. The van der Waals surface area contributed by atoms with Gasteiger partial charge < -0.3 is 47.4 Å². The molecule has 0 amide bonds. The van der Waals surface area contributed by atoms with Gasteiger partial charge in [-0.15, -0.1) is 22.7 Å². The van der Waals surface area contributed by atoms with Crippen LogP contribution in [0.15, 0.2) is 0 Å². The lowest BCUT2D eigenvalue weighted by Crippen LogP contribution is -2.43. The third kappa shape index (κ3) is 12.7. The average Bonchev–Trinajstić information content (AvgIpc) is 3.49. The summed E-state index contributed by atoms with van der Waals surface area (Å²) in [5, 5.41) is 0. The summed E-state index contributed by atoms with van der Waals surface area (Å²) in [4.78, 5) is 4.09. The van der Waals surface area contributed by atoms with Crippen LogP contribution in [0.2, 0.25) is 0 Å². The fourth-order valence-electron chi connectivity index (χ4n) is 6.86. The van der Waals surface area contributed by atoms with Crippen molar-refractivity contribution in [3.05, 3.63) is 9.75 Å². The quantitative estimate of drug-likeness (QED) is 0.0815. The summed E-state index contributed by atoms with van der Waals surface area (Å²) in [5.41, 5.74) is -0.955. The topological polar surface area (TPSA) is 92.3 Å². The molecule has 2 aliphatic heterocycles. The van der Waals surface area contributed by atoms with E-state index < -0.39 is 10.8 Å². The summed E-state index contributed by atoms with van der Waals surface area (Å²) in [5.74, 6) is 4.16. The van der Waals surface area contributed by atoms with E-state index in [1.54, 1.807) is 36.9 Å². The van der Waals surface area contributed by atoms with Crippen LogP contribution >= 0.6 is 22.7 Å². The Morgan fingerprint density at radius 2 is 0.907 bits per heavy atom. The maximum absolute atomic E-state index is 6.87. The molecule has 0 aromatic carbocycles. The summed E-state index contributed by atoms with van der Waals surface area (Å²) >= 11 is 3.34. The molecule has 0 saturated carbocycles. The van der Waals surface area contributed by atoms with Crippen molar-refractivity contribution in [2.75, 3.05) is 107 Å². The Balaban J connectivity index is 1.55. The molecule has 2 atom stereocenters. The minimum atomic E-state index is -0.510. The average molecular weight is 799 g/mol. The van der Waals surface area contributed by atoms with Crippen LogP contribution in [0, 0.1) is 36.5 Å². The number of hydrogen-bond acceptors (Lipinski definition) is 12. The molecule has 0 saturated heterocycles. The van der Waals surface area contributed by atoms with Crippen molar-refractivity contribution >= 4 is 22.7 Å². The van der Waals surface area contributed by atoms with E-state index in [2.05, 4.69) is 41.5 Å². The van der Waals surface area contributed by atoms with Crippen molar-refractivity contribution < 1.29 is 47.4 Å². The lowest BCUT2D eigenvalue weighted by atomic mass is 9.91. The van der Waals surface area contributed by atoms with E-state index >= 15 is 0 Å². The lowest BCUT2D eigenvalue weighted by molar-refractivity contribution is -0.0716. The van der Waals surface area contributed by atoms with Gasteiger partial charge in [-0.05, 0) is 38.5 Å². The maximum atomic E-state index is 6.87. The smallest absolute Gasteiger partial charge is 0.181 e. The summed E-state index contributed by atoms with van der Waals surface area (Å²) in [6.45, 7) is 20.2. The fraction of sp³-hybridized carbons (Fsp3) is 0.810. The van der Waals surface area contributed by atoms with Crippen LogP contribution in [0.25, 0.3) is 9.75 Å². The third-order valence-electron chi connectivity index (χ3n) is 10.6. The first kappa shape index (κ1) is 45.1. The number of thiophene rings is 2. The molecule has 2 unspecified atom stereocenters. The zero-order valence-electron chi connectivity index (χ0n) is 34.6. The monoisotopic (exact) mass is 798 g/mol. The Morgan fingerprint density at radius 3 is 1.26 bits per heavy atom. The van der Waals surface area contributed by atoms with E-state index in [4.69, 9.17) is 47.4 Å². The van der Waals surface area contributed by atoms with Gasteiger partial charge in [0.2, 0.25) is 0 Å². The second-order valence-corrected chi connectivity index (χ2v) is 17.8. The van der Waals surface area contributed by atoms with E-state index in [0.717, 1.165) is 68.6 Å². The van der Waals surface area contributed by atoms with Gasteiger partial charge in [0.05, 0.1) is 73.4 Å². The fourth-order valence-corrected chi connectivity index (χ4v) is 9.07. The number of hydrogen-bond donors (Lipinski definition) is 0. The first-order chi connectivity index (χ1) is 26.3. The molecule has 0 spiro atoms. The summed E-state index contributed by atoms with van der Waals surface area (Å²) in [6.07, 6.45) is 9.48. The first-order valence-electron chi connectivity index (χ1n) is 20.3. The van der Waals surface area contributed by atoms with E-state index in [1.165, 1.54) is 38.5 Å². The second kappa shape index (κ2) is 23.6. The van der Waals surface area contributed by atoms with Crippen molar-refractivity contribution in [2.24, 2.45) is 22.7 Å². The molecule has 0 radical (unpaired) electrons. The van der Waals surface area contributed by atoms with Gasteiger partial charge in [0.15, 0.2) is 23.0 Å². The van der Waals surface area contributed by atoms with Crippen molar-refractivity contribution in [3.63, 3.8) is 0 Å². The molecule has 0 aliphatic carbocycles. The number of aryl methyl sites for hydroxylation is 2. The van der Waals surface area contributed by atoms with Crippen molar-refractivity contribution in [1.29, 1.82) is 0 Å². The van der Waals surface area contributed by atoms with Crippen molar-refractivity contribution in [3.8, 4) is 32.8 Å². The van der Waals surface area contributed by atoms with Crippen molar-refractivity contribution in [1.82, 2.24) is 0 Å². The minimum Gasteiger partial charge on any atom is -0.488 e. The van der Waals surface area contributed by atoms with Crippen LogP contribution in [0.1, 0.15) is 88.8 Å². The molecule has 2 aliphatic rings. The molecule has 4 rings (SSSR count). The molecular weight excluding hydrogens is 729 g/mol. The van der Waals surface area contributed by atoms with Gasteiger partial charge in [-0.3, -0.25) is 0 Å². The number of fused-ring (bicyclic) bond motifs is 2. The number of unbranched alkanes of at least 4 members (excludes halogenated alkanes) is 2. The molecule has 2 aromatic rings. The Labute approximate surface area is 333 Å².